The average Bonchev–Trinajstić information content (AvgIpc) is 2.74. The van der Waals surface area contributed by atoms with Gasteiger partial charge in [-0.3, -0.25) is 19.2 Å². The van der Waals surface area contributed by atoms with E-state index in [9.17, 15) is 22.4 Å². The Balaban J connectivity index is 1.51. The minimum Gasteiger partial charge on any atom is -0.483 e. The van der Waals surface area contributed by atoms with Crippen LogP contribution in [0.4, 0.5) is 4.39 Å². The number of nitrogens with zero attached hydrogens (tertiary/aromatic N) is 2. The van der Waals surface area contributed by atoms with Gasteiger partial charge in [-0.25, -0.2) is 12.8 Å². The lowest BCUT2D eigenvalue weighted by atomic mass is 10.1. The second-order valence-electron chi connectivity index (χ2n) is 7.80. The molecule has 1 fully saturated rings. The molecule has 2 aromatic carbocycles. The van der Waals surface area contributed by atoms with Crippen LogP contribution in [0.2, 0.25) is 5.02 Å². The Hall–Kier alpha value is -2.69. The number of nitrogens with one attached hydrogen (secondary N) is 1. The predicted molar refractivity (Wildman–Crippen MR) is 122 cm³/mol. The van der Waals surface area contributed by atoms with E-state index in [-0.39, 0.29) is 30.5 Å². The van der Waals surface area contributed by atoms with E-state index in [1.807, 2.05) is 4.72 Å². The molecular weight excluding hydrogens is 473 g/mol. The first-order valence-electron chi connectivity index (χ1n) is 10.3. The van der Waals surface area contributed by atoms with E-state index in [0.717, 1.165) is 11.8 Å². The summed E-state index contributed by atoms with van der Waals surface area (Å²) in [6.07, 6.45) is 0.623. The van der Waals surface area contributed by atoms with Gasteiger partial charge >= 0.3 is 0 Å². The summed E-state index contributed by atoms with van der Waals surface area (Å²) in [6, 6.07) is 11.0. The Bertz CT molecular complexity index is 1100. The Kier molecular flexibility index (Phi) is 8.28. The monoisotopic (exact) mass is 497 g/mol. The van der Waals surface area contributed by atoms with Crippen LogP contribution in [-0.4, -0.2) is 69.1 Å². The Labute approximate surface area is 197 Å². The third-order valence-electron chi connectivity index (χ3n) is 5.07. The zero-order chi connectivity index (χ0) is 24.0. The summed E-state index contributed by atoms with van der Waals surface area (Å²) in [5.74, 6) is -0.911. The van der Waals surface area contributed by atoms with Crippen LogP contribution in [0.25, 0.3) is 0 Å². The van der Waals surface area contributed by atoms with Crippen LogP contribution in [0.5, 0.6) is 5.75 Å². The van der Waals surface area contributed by atoms with E-state index >= 15 is 0 Å². The summed E-state index contributed by atoms with van der Waals surface area (Å²) in [5.41, 5.74) is 1.38. The van der Waals surface area contributed by atoms with E-state index in [1.54, 1.807) is 29.2 Å². The first-order valence-corrected chi connectivity index (χ1v) is 12.5. The van der Waals surface area contributed by atoms with Crippen LogP contribution < -0.4 is 9.46 Å². The number of hydrogen-bond acceptors (Lipinski definition) is 6. The molecule has 1 heterocycles. The molecule has 1 aliphatic heterocycles. The highest BCUT2D eigenvalue weighted by atomic mass is 35.5. The van der Waals surface area contributed by atoms with Crippen molar-refractivity contribution in [3.63, 3.8) is 0 Å². The first kappa shape index (κ1) is 24.9. The predicted octanol–water partition coefficient (Wildman–Crippen LogP) is 1.82. The van der Waals surface area contributed by atoms with Crippen LogP contribution in [0.3, 0.4) is 0 Å². The summed E-state index contributed by atoms with van der Waals surface area (Å²) in [5, 5.41) is 0.355. The number of halogens is 2. The minimum absolute atomic E-state index is 0.196. The molecule has 8 nitrogen and oxygen atoms in total. The molecule has 3 rings (SSSR count). The third kappa shape index (κ3) is 7.99. The van der Waals surface area contributed by atoms with E-state index < -0.39 is 15.9 Å². The molecule has 0 saturated carbocycles. The molecular formula is C22H25ClFN3O5S. The van der Waals surface area contributed by atoms with Crippen molar-refractivity contribution in [2.24, 2.45) is 0 Å². The number of amides is 2. The van der Waals surface area contributed by atoms with Crippen molar-refractivity contribution in [1.29, 1.82) is 0 Å². The van der Waals surface area contributed by atoms with Gasteiger partial charge in [0.1, 0.15) is 11.6 Å². The largest absolute Gasteiger partial charge is 0.483 e. The molecule has 0 bridgehead atoms. The van der Waals surface area contributed by atoms with Crippen LogP contribution in [-0.2, 0) is 32.6 Å². The molecule has 178 valence electrons. The SMILES string of the molecule is CS(=O)(=O)NC(=O)Cc1cc(Cl)ccc1OCC(=O)N1CCN(Cc2ccc(F)cc2)CC1. The molecule has 0 atom stereocenters. The van der Waals surface area contributed by atoms with Crippen molar-refractivity contribution in [2.45, 2.75) is 13.0 Å². The van der Waals surface area contributed by atoms with E-state index in [2.05, 4.69) is 4.90 Å². The molecule has 0 spiro atoms. The second kappa shape index (κ2) is 11.0. The quantitative estimate of drug-likeness (QED) is 0.597. The lowest BCUT2D eigenvalue weighted by Gasteiger charge is -2.34. The normalized spacial score (nSPS) is 14.7. The maximum Gasteiger partial charge on any atom is 0.260 e. The average molecular weight is 498 g/mol. The molecule has 2 amide bonds. The van der Waals surface area contributed by atoms with Gasteiger partial charge < -0.3 is 9.64 Å². The molecule has 33 heavy (non-hydrogen) atoms. The summed E-state index contributed by atoms with van der Waals surface area (Å²) < 4.78 is 43.1. The van der Waals surface area contributed by atoms with Crippen molar-refractivity contribution in [3.05, 3.63) is 64.4 Å². The molecule has 0 unspecified atom stereocenters. The summed E-state index contributed by atoms with van der Waals surface area (Å²) >= 11 is 5.99. The second-order valence-corrected chi connectivity index (χ2v) is 9.98. The number of ether oxygens (including phenoxy) is 1. The number of hydrogen-bond donors (Lipinski definition) is 1. The van der Waals surface area contributed by atoms with Crippen LogP contribution in [0.15, 0.2) is 42.5 Å². The minimum atomic E-state index is -3.69. The Morgan fingerprint density at radius 1 is 1.09 bits per heavy atom. The molecule has 2 aromatic rings. The fourth-order valence-electron chi connectivity index (χ4n) is 3.48. The van der Waals surface area contributed by atoms with Crippen LogP contribution >= 0.6 is 11.6 Å². The van der Waals surface area contributed by atoms with Crippen molar-refractivity contribution >= 4 is 33.4 Å². The maximum absolute atomic E-state index is 13.1. The fourth-order valence-corrected chi connectivity index (χ4v) is 4.16. The van der Waals surface area contributed by atoms with Gasteiger partial charge in [-0.2, -0.15) is 0 Å². The number of piperazine rings is 1. The highest BCUT2D eigenvalue weighted by Crippen LogP contribution is 2.24. The van der Waals surface area contributed by atoms with E-state index in [4.69, 9.17) is 16.3 Å². The molecule has 11 heteroatoms. The van der Waals surface area contributed by atoms with Crippen LogP contribution in [0.1, 0.15) is 11.1 Å². The van der Waals surface area contributed by atoms with E-state index in [0.29, 0.717) is 43.3 Å². The number of rotatable bonds is 8. The standard InChI is InChI=1S/C22H25ClFN3O5S/c1-33(30,31)25-21(28)13-17-12-18(23)4-7-20(17)32-15-22(29)27-10-8-26(9-11-27)14-16-2-5-19(24)6-3-16/h2-7,12H,8-11,13-15H2,1H3,(H,25,28). The fraction of sp³-hybridized carbons (Fsp3) is 0.364. The lowest BCUT2D eigenvalue weighted by Crippen LogP contribution is -2.49. The molecule has 1 saturated heterocycles. The number of carbonyl (C=O) groups excluding carboxylic acids is 2. The Morgan fingerprint density at radius 3 is 2.39 bits per heavy atom. The molecule has 0 aromatic heterocycles. The van der Waals surface area contributed by atoms with Gasteiger partial charge in [0, 0.05) is 43.3 Å². The molecule has 0 radical (unpaired) electrons. The third-order valence-corrected chi connectivity index (χ3v) is 5.90. The van der Waals surface area contributed by atoms with Gasteiger partial charge in [0.2, 0.25) is 15.9 Å². The smallest absolute Gasteiger partial charge is 0.260 e. The topological polar surface area (TPSA) is 96.0 Å². The van der Waals surface area contributed by atoms with Crippen molar-refractivity contribution in [2.75, 3.05) is 39.0 Å². The zero-order valence-electron chi connectivity index (χ0n) is 18.1. The Morgan fingerprint density at radius 2 is 1.76 bits per heavy atom. The highest BCUT2D eigenvalue weighted by Gasteiger charge is 2.22. The van der Waals surface area contributed by atoms with Gasteiger partial charge in [-0.1, -0.05) is 23.7 Å². The number of benzene rings is 2. The van der Waals surface area contributed by atoms with Gasteiger partial charge in [0.25, 0.3) is 5.91 Å². The summed E-state index contributed by atoms with van der Waals surface area (Å²) in [6.45, 7) is 2.89. The summed E-state index contributed by atoms with van der Waals surface area (Å²) in [4.78, 5) is 28.5. The van der Waals surface area contributed by atoms with Crippen molar-refractivity contribution in [3.8, 4) is 5.75 Å². The zero-order valence-corrected chi connectivity index (χ0v) is 19.7. The maximum atomic E-state index is 13.1. The molecule has 1 aliphatic rings. The van der Waals surface area contributed by atoms with Gasteiger partial charge in [0.05, 0.1) is 12.7 Å². The van der Waals surface area contributed by atoms with Crippen LogP contribution in [0, 0.1) is 5.82 Å². The lowest BCUT2D eigenvalue weighted by molar-refractivity contribution is -0.135. The van der Waals surface area contributed by atoms with Crippen molar-refractivity contribution in [1.82, 2.24) is 14.5 Å². The van der Waals surface area contributed by atoms with Gasteiger partial charge in [-0.05, 0) is 35.9 Å². The van der Waals surface area contributed by atoms with Crippen molar-refractivity contribution < 1.29 is 27.1 Å². The van der Waals surface area contributed by atoms with Gasteiger partial charge in [-0.15, -0.1) is 0 Å². The molecule has 0 aliphatic carbocycles. The highest BCUT2D eigenvalue weighted by molar-refractivity contribution is 7.89. The first-order chi connectivity index (χ1) is 15.6. The number of carbonyl (C=O) groups is 2. The van der Waals surface area contributed by atoms with E-state index in [1.165, 1.54) is 18.2 Å². The number of sulfonamides is 1. The van der Waals surface area contributed by atoms with Gasteiger partial charge in [0.15, 0.2) is 6.61 Å². The summed E-state index contributed by atoms with van der Waals surface area (Å²) in [7, 11) is -3.69. The molecule has 1 N–H and O–H groups in total.